The highest BCUT2D eigenvalue weighted by Gasteiger charge is 2.20. The summed E-state index contributed by atoms with van der Waals surface area (Å²) in [6.45, 7) is 1.39. The van der Waals surface area contributed by atoms with Crippen LogP contribution in [-0.4, -0.2) is 40.0 Å². The van der Waals surface area contributed by atoms with Crippen molar-refractivity contribution in [3.8, 4) is 11.5 Å². The van der Waals surface area contributed by atoms with Crippen LogP contribution < -0.4 is 14.8 Å². The van der Waals surface area contributed by atoms with Crippen molar-refractivity contribution in [1.82, 2.24) is 9.78 Å². The quantitative estimate of drug-likeness (QED) is 0.664. The number of amides is 1. The summed E-state index contributed by atoms with van der Waals surface area (Å²) in [5.41, 5.74) is 0.359. The smallest absolute Gasteiger partial charge is 0.344 e. The van der Waals surface area contributed by atoms with Gasteiger partial charge in [-0.25, -0.2) is 9.48 Å². The maximum absolute atomic E-state index is 12.5. The molecule has 25 heavy (non-hydrogen) atoms. The van der Waals surface area contributed by atoms with E-state index in [1.165, 1.54) is 24.9 Å². The molecule has 0 radical (unpaired) electrons. The molecule has 0 saturated carbocycles. The number of anilines is 1. The zero-order valence-corrected chi connectivity index (χ0v) is 16.7. The lowest BCUT2D eigenvalue weighted by atomic mass is 10.2. The van der Waals surface area contributed by atoms with Gasteiger partial charge in [-0.05, 0) is 50.9 Å². The number of hydrogen-bond donors (Lipinski definition) is 2. The van der Waals surface area contributed by atoms with E-state index in [-0.39, 0.29) is 11.6 Å². The van der Waals surface area contributed by atoms with Gasteiger partial charge in [0.25, 0.3) is 5.91 Å². The largest absolute Gasteiger partial charge is 0.494 e. The Labute approximate surface area is 160 Å². The minimum absolute atomic E-state index is 0.164. The van der Waals surface area contributed by atoms with Crippen molar-refractivity contribution < 1.29 is 24.2 Å². The molecule has 8 nitrogen and oxygen atoms in total. The number of halogens is 2. The minimum atomic E-state index is -1.12. The Morgan fingerprint density at radius 3 is 2.44 bits per heavy atom. The number of ether oxygens (including phenoxy) is 2. The molecule has 10 heteroatoms. The second kappa shape index (κ2) is 7.87. The number of carboxylic acid groups (broad SMARTS) is 1. The molecule has 0 bridgehead atoms. The zero-order chi connectivity index (χ0) is 18.7. The average molecular weight is 477 g/mol. The number of carbonyl (C=O) groups excluding carboxylic acids is 1. The molecule has 0 saturated heterocycles. The van der Waals surface area contributed by atoms with Crippen LogP contribution >= 0.6 is 31.9 Å². The lowest BCUT2D eigenvalue weighted by Gasteiger charge is -2.13. The van der Waals surface area contributed by atoms with Gasteiger partial charge in [-0.1, -0.05) is 0 Å². The van der Waals surface area contributed by atoms with Gasteiger partial charge in [0.1, 0.15) is 5.75 Å². The summed E-state index contributed by atoms with van der Waals surface area (Å²) < 4.78 is 13.1. The van der Waals surface area contributed by atoms with Crippen molar-refractivity contribution in [3.05, 3.63) is 32.8 Å². The van der Waals surface area contributed by atoms with E-state index >= 15 is 0 Å². The van der Waals surface area contributed by atoms with Crippen LogP contribution in [0.15, 0.2) is 27.3 Å². The van der Waals surface area contributed by atoms with E-state index in [1.807, 2.05) is 0 Å². The number of nitrogens with one attached hydrogen (secondary N) is 1. The topological polar surface area (TPSA) is 103 Å². The van der Waals surface area contributed by atoms with Crippen LogP contribution in [-0.2, 0) is 11.8 Å². The number of carboxylic acids is 1. The highest BCUT2D eigenvalue weighted by atomic mass is 79.9. The van der Waals surface area contributed by atoms with E-state index < -0.39 is 18.0 Å². The molecule has 1 unspecified atom stereocenters. The molecule has 0 spiro atoms. The summed E-state index contributed by atoms with van der Waals surface area (Å²) in [6, 6.07) is 3.21. The molecule has 2 N–H and O–H groups in total. The van der Waals surface area contributed by atoms with E-state index in [1.54, 1.807) is 19.2 Å². The summed E-state index contributed by atoms with van der Waals surface area (Å²) in [4.78, 5) is 23.5. The summed E-state index contributed by atoms with van der Waals surface area (Å²) in [5, 5.41) is 15.6. The number of hydrogen-bond acceptors (Lipinski definition) is 5. The highest BCUT2D eigenvalue weighted by molar-refractivity contribution is 9.11. The van der Waals surface area contributed by atoms with E-state index in [0.29, 0.717) is 20.3 Å². The van der Waals surface area contributed by atoms with Crippen LogP contribution in [0.1, 0.15) is 17.3 Å². The van der Waals surface area contributed by atoms with Gasteiger partial charge >= 0.3 is 5.97 Å². The van der Waals surface area contributed by atoms with Gasteiger partial charge in [0.05, 0.1) is 22.3 Å². The Kier molecular flexibility index (Phi) is 6.07. The monoisotopic (exact) mass is 475 g/mol. The van der Waals surface area contributed by atoms with Gasteiger partial charge in [-0.15, -0.1) is 0 Å². The molecule has 1 amide bonds. The number of carbonyl (C=O) groups is 2. The van der Waals surface area contributed by atoms with Crippen LogP contribution in [0.5, 0.6) is 11.5 Å². The first-order chi connectivity index (χ1) is 11.7. The first kappa shape index (κ1) is 19.3. The third-order valence-electron chi connectivity index (χ3n) is 3.25. The summed E-state index contributed by atoms with van der Waals surface area (Å²) in [5.74, 6) is -0.556. The highest BCUT2D eigenvalue weighted by Crippen LogP contribution is 2.35. The number of nitrogens with zero attached hydrogens (tertiary/aromatic N) is 2. The summed E-state index contributed by atoms with van der Waals surface area (Å²) >= 11 is 6.68. The molecule has 1 aromatic heterocycles. The van der Waals surface area contributed by atoms with E-state index in [4.69, 9.17) is 14.6 Å². The minimum Gasteiger partial charge on any atom is -0.494 e. The molecule has 0 aliphatic carbocycles. The number of benzene rings is 1. The van der Waals surface area contributed by atoms with Gasteiger partial charge in [0.2, 0.25) is 0 Å². The normalized spacial score (nSPS) is 11.7. The SMILES string of the molecule is COc1c(Br)cc(C(=O)Nc2c(OC(C)C(=O)O)cnn2C)cc1Br. The van der Waals surface area contributed by atoms with Crippen LogP contribution in [0.3, 0.4) is 0 Å². The molecular weight excluding hydrogens is 462 g/mol. The predicted molar refractivity (Wildman–Crippen MR) is 97.3 cm³/mol. The van der Waals surface area contributed by atoms with Gasteiger partial charge in [0, 0.05) is 12.6 Å². The van der Waals surface area contributed by atoms with Gasteiger partial charge in [-0.3, -0.25) is 4.79 Å². The standard InChI is InChI=1S/C15H15Br2N3O5/c1-7(15(22)23)25-11-6-18-20(2)13(11)19-14(21)8-4-9(16)12(24-3)10(17)5-8/h4-7H,1-3H3,(H,19,21)(H,22,23). The predicted octanol–water partition coefficient (Wildman–Crippen LogP) is 3.06. The maximum Gasteiger partial charge on any atom is 0.344 e. The number of methoxy groups -OCH3 is 1. The third kappa shape index (κ3) is 4.31. The van der Waals surface area contributed by atoms with Crippen LogP contribution in [0.2, 0.25) is 0 Å². The molecule has 0 aliphatic heterocycles. The number of aromatic nitrogens is 2. The molecule has 2 aromatic rings. The second-order valence-electron chi connectivity index (χ2n) is 5.01. The molecular formula is C15H15Br2N3O5. The lowest BCUT2D eigenvalue weighted by molar-refractivity contribution is -0.144. The molecule has 1 atom stereocenters. The number of aryl methyl sites for hydroxylation is 1. The molecule has 1 aromatic carbocycles. The Morgan fingerprint density at radius 1 is 1.32 bits per heavy atom. The fourth-order valence-electron chi connectivity index (χ4n) is 1.95. The van der Waals surface area contributed by atoms with Crippen molar-refractivity contribution in [3.63, 3.8) is 0 Å². The molecule has 1 heterocycles. The summed E-state index contributed by atoms with van der Waals surface area (Å²) in [7, 11) is 3.13. The molecule has 2 rings (SSSR count). The Balaban J connectivity index is 2.27. The number of aliphatic carboxylic acids is 1. The Hall–Kier alpha value is -2.07. The fourth-order valence-corrected chi connectivity index (χ4v) is 3.46. The van der Waals surface area contributed by atoms with E-state index in [0.717, 1.165) is 0 Å². The van der Waals surface area contributed by atoms with E-state index in [2.05, 4.69) is 42.3 Å². The zero-order valence-electron chi connectivity index (χ0n) is 13.5. The average Bonchev–Trinajstić information content (AvgIpc) is 2.87. The van der Waals surface area contributed by atoms with Crippen molar-refractivity contribution in [2.75, 3.05) is 12.4 Å². The van der Waals surface area contributed by atoms with Crippen LogP contribution in [0, 0.1) is 0 Å². The van der Waals surface area contributed by atoms with Crippen molar-refractivity contribution in [1.29, 1.82) is 0 Å². The fraction of sp³-hybridized carbons (Fsp3) is 0.267. The van der Waals surface area contributed by atoms with Crippen LogP contribution in [0.4, 0.5) is 5.82 Å². The maximum atomic E-state index is 12.5. The summed E-state index contributed by atoms with van der Waals surface area (Å²) in [6.07, 6.45) is 0.263. The first-order valence-corrected chi connectivity index (χ1v) is 8.59. The molecule has 0 aliphatic rings. The third-order valence-corrected chi connectivity index (χ3v) is 4.43. The Bertz CT molecular complexity index is 798. The van der Waals surface area contributed by atoms with Crippen molar-refractivity contribution in [2.45, 2.75) is 13.0 Å². The molecule has 134 valence electrons. The van der Waals surface area contributed by atoms with Crippen LogP contribution in [0.25, 0.3) is 0 Å². The van der Waals surface area contributed by atoms with Gasteiger partial charge < -0.3 is 19.9 Å². The van der Waals surface area contributed by atoms with Crippen molar-refractivity contribution in [2.24, 2.45) is 7.05 Å². The lowest BCUT2D eigenvalue weighted by Crippen LogP contribution is -2.24. The van der Waals surface area contributed by atoms with Gasteiger partial charge in [0.15, 0.2) is 17.7 Å². The van der Waals surface area contributed by atoms with E-state index in [9.17, 15) is 9.59 Å². The van der Waals surface area contributed by atoms with Gasteiger partial charge in [-0.2, -0.15) is 5.10 Å². The number of rotatable bonds is 6. The second-order valence-corrected chi connectivity index (χ2v) is 6.72. The first-order valence-electron chi connectivity index (χ1n) is 7.00. The Morgan fingerprint density at radius 2 is 1.92 bits per heavy atom. The molecule has 0 fully saturated rings. The van der Waals surface area contributed by atoms with Crippen molar-refractivity contribution >= 4 is 49.6 Å².